The van der Waals surface area contributed by atoms with Crippen LogP contribution in [-0.4, -0.2) is 31.8 Å². The molecule has 1 aromatic heterocycles. The number of aryl methyl sites for hydroxylation is 1. The fraction of sp³-hybridized carbons (Fsp3) is 0.222. The predicted molar refractivity (Wildman–Crippen MR) is 133 cm³/mol. The van der Waals surface area contributed by atoms with Crippen LogP contribution in [-0.2, 0) is 11.2 Å². The third-order valence-corrected chi connectivity index (χ3v) is 5.04. The first-order chi connectivity index (χ1) is 15.5. The van der Waals surface area contributed by atoms with E-state index in [2.05, 4.69) is 16.0 Å². The van der Waals surface area contributed by atoms with Crippen LogP contribution >= 0.6 is 11.6 Å². The average Bonchev–Trinajstić information content (AvgIpc) is 2.74. The van der Waals surface area contributed by atoms with E-state index in [-0.39, 0.29) is 6.42 Å². The lowest BCUT2D eigenvalue weighted by Crippen LogP contribution is -2.10. The van der Waals surface area contributed by atoms with Crippen LogP contribution in [0.1, 0.15) is 31.9 Å². The number of aliphatic carboxylic acids is 1. The largest absolute Gasteiger partial charge is 0.481 e. The van der Waals surface area contributed by atoms with E-state index in [4.69, 9.17) is 16.7 Å². The Kier molecular flexibility index (Phi) is 7.46. The minimum atomic E-state index is -0.853. The van der Waals surface area contributed by atoms with E-state index in [0.717, 1.165) is 44.3 Å². The molecule has 0 unspecified atom stereocenters. The van der Waals surface area contributed by atoms with Crippen LogP contribution < -0.4 is 0 Å². The van der Waals surface area contributed by atoms with Gasteiger partial charge in [0.15, 0.2) is 0 Å². The molecule has 0 fully saturated rings. The number of nitrogens with zero attached hydrogens (tertiary/aromatic N) is 2. The normalized spacial score (nSPS) is 11.1. The highest BCUT2D eigenvalue weighted by molar-refractivity contribution is 6.30. The summed E-state index contributed by atoms with van der Waals surface area (Å²) in [5.74, 6) is -0.853. The van der Waals surface area contributed by atoms with Crippen molar-refractivity contribution >= 4 is 28.3 Å². The van der Waals surface area contributed by atoms with Gasteiger partial charge in [-0.05, 0) is 78.9 Å². The number of hydrogen-bond donors (Lipinski definition) is 2. The van der Waals surface area contributed by atoms with Crippen molar-refractivity contribution in [2.45, 2.75) is 39.7 Å². The summed E-state index contributed by atoms with van der Waals surface area (Å²) in [6, 6.07) is 15.6. The van der Waals surface area contributed by atoms with Gasteiger partial charge >= 0.3 is 5.97 Å². The number of aliphatic hydroxyl groups is 1. The molecule has 0 atom stereocenters. The molecule has 170 valence electrons. The van der Waals surface area contributed by atoms with Crippen LogP contribution in [0, 0.1) is 6.92 Å². The van der Waals surface area contributed by atoms with Gasteiger partial charge in [-0.15, -0.1) is 0 Å². The predicted octanol–water partition coefficient (Wildman–Crippen LogP) is 6.33. The number of rotatable bonds is 4. The first kappa shape index (κ1) is 24.4. The van der Waals surface area contributed by atoms with E-state index in [0.29, 0.717) is 5.02 Å². The van der Waals surface area contributed by atoms with E-state index in [1.54, 1.807) is 39.4 Å². The van der Waals surface area contributed by atoms with Crippen molar-refractivity contribution in [2.75, 3.05) is 0 Å². The topological polar surface area (TPSA) is 83.3 Å². The fourth-order valence-corrected chi connectivity index (χ4v) is 3.65. The molecule has 1 heterocycles. The highest BCUT2D eigenvalue weighted by atomic mass is 35.5. The van der Waals surface area contributed by atoms with Gasteiger partial charge in [0.2, 0.25) is 0 Å². The van der Waals surface area contributed by atoms with Gasteiger partial charge in [-0.3, -0.25) is 14.8 Å². The molecule has 5 nitrogen and oxygen atoms in total. The molecule has 0 aliphatic rings. The van der Waals surface area contributed by atoms with E-state index in [1.165, 1.54) is 0 Å². The molecular weight excluding hydrogens is 436 g/mol. The van der Waals surface area contributed by atoms with Gasteiger partial charge in [0.25, 0.3) is 0 Å². The molecule has 4 rings (SSSR count). The van der Waals surface area contributed by atoms with Crippen LogP contribution in [0.15, 0.2) is 67.1 Å². The lowest BCUT2D eigenvalue weighted by atomic mass is 9.88. The molecule has 4 aromatic rings. The summed E-state index contributed by atoms with van der Waals surface area (Å²) in [5, 5.41) is 20.6. The van der Waals surface area contributed by atoms with Crippen molar-refractivity contribution in [2.24, 2.45) is 0 Å². The lowest BCUT2D eigenvalue weighted by molar-refractivity contribution is -0.136. The van der Waals surface area contributed by atoms with Crippen molar-refractivity contribution in [3.63, 3.8) is 0 Å². The van der Waals surface area contributed by atoms with Crippen molar-refractivity contribution < 1.29 is 15.0 Å². The number of carboxylic acids is 1. The minimum absolute atomic E-state index is 0.0361. The van der Waals surface area contributed by atoms with E-state index in [9.17, 15) is 9.90 Å². The third kappa shape index (κ3) is 6.60. The Labute approximate surface area is 198 Å². The molecule has 0 aliphatic carbocycles. The Morgan fingerprint density at radius 1 is 1.00 bits per heavy atom. The summed E-state index contributed by atoms with van der Waals surface area (Å²) in [4.78, 5) is 20.0. The summed E-state index contributed by atoms with van der Waals surface area (Å²) in [7, 11) is 0. The molecule has 2 N–H and O–H groups in total. The first-order valence-electron chi connectivity index (χ1n) is 10.6. The van der Waals surface area contributed by atoms with Crippen LogP contribution in [0.4, 0.5) is 0 Å². The van der Waals surface area contributed by atoms with Gasteiger partial charge in [-0.1, -0.05) is 41.9 Å². The smallest absolute Gasteiger partial charge is 0.307 e. The molecule has 0 bridgehead atoms. The number of fused-ring (bicyclic) bond motifs is 1. The number of halogens is 1. The summed E-state index contributed by atoms with van der Waals surface area (Å²) in [6.45, 7) is 7.18. The first-order valence-corrected chi connectivity index (χ1v) is 10.9. The Morgan fingerprint density at radius 2 is 1.64 bits per heavy atom. The number of carboxylic acid groups (broad SMARTS) is 1. The van der Waals surface area contributed by atoms with Crippen molar-refractivity contribution in [3.05, 3.63) is 83.3 Å². The van der Waals surface area contributed by atoms with Crippen molar-refractivity contribution in [3.8, 4) is 22.4 Å². The van der Waals surface area contributed by atoms with Gasteiger partial charge < -0.3 is 10.2 Å². The highest BCUT2D eigenvalue weighted by Crippen LogP contribution is 2.37. The molecule has 3 aromatic carbocycles. The molecule has 0 spiro atoms. The lowest BCUT2D eigenvalue weighted by Gasteiger charge is -2.16. The zero-order chi connectivity index (χ0) is 24.2. The second-order valence-electron chi connectivity index (χ2n) is 8.82. The maximum Gasteiger partial charge on any atom is 0.307 e. The van der Waals surface area contributed by atoms with Gasteiger partial charge in [0, 0.05) is 23.0 Å². The standard InChI is InChI=1S/C23H17ClN2O2.C4H10O/c1-14-10-17-11-16(21-13-25-8-9-26-21)4-7-19(17)23(20(14)12-22(27)28)15-2-5-18(24)6-3-15;1-4(2,3)5/h2-11,13H,12H2,1H3,(H,27,28);5H,1-3H3. The van der Waals surface area contributed by atoms with Gasteiger partial charge in [-0.2, -0.15) is 0 Å². The Hall–Kier alpha value is -3.28. The van der Waals surface area contributed by atoms with Crippen LogP contribution in [0.3, 0.4) is 0 Å². The molecule has 0 radical (unpaired) electrons. The summed E-state index contributed by atoms with van der Waals surface area (Å²) >= 11 is 6.05. The fourth-order valence-electron chi connectivity index (χ4n) is 3.52. The van der Waals surface area contributed by atoms with E-state index >= 15 is 0 Å². The van der Waals surface area contributed by atoms with Gasteiger partial charge in [-0.25, -0.2) is 0 Å². The zero-order valence-electron chi connectivity index (χ0n) is 19.1. The van der Waals surface area contributed by atoms with Crippen molar-refractivity contribution in [1.82, 2.24) is 9.97 Å². The number of aromatic nitrogens is 2. The minimum Gasteiger partial charge on any atom is -0.481 e. The summed E-state index contributed by atoms with van der Waals surface area (Å²) < 4.78 is 0. The SMILES string of the molecule is CC(C)(C)O.Cc1cc2cc(-c3cnccn3)ccc2c(-c2ccc(Cl)cc2)c1CC(=O)O. The Morgan fingerprint density at radius 3 is 2.21 bits per heavy atom. The maximum absolute atomic E-state index is 11.5. The molecule has 0 saturated heterocycles. The molecule has 0 amide bonds. The van der Waals surface area contributed by atoms with Crippen LogP contribution in [0.25, 0.3) is 33.2 Å². The third-order valence-electron chi connectivity index (χ3n) is 4.79. The average molecular weight is 463 g/mol. The Balaban J connectivity index is 0.000000555. The molecule has 0 saturated carbocycles. The molecule has 0 aliphatic heterocycles. The molecule has 33 heavy (non-hydrogen) atoms. The monoisotopic (exact) mass is 462 g/mol. The van der Waals surface area contributed by atoms with Crippen LogP contribution in [0.5, 0.6) is 0 Å². The zero-order valence-corrected chi connectivity index (χ0v) is 19.9. The van der Waals surface area contributed by atoms with Crippen LogP contribution in [0.2, 0.25) is 5.02 Å². The number of hydrogen-bond acceptors (Lipinski definition) is 4. The molecule has 6 heteroatoms. The quantitative estimate of drug-likeness (QED) is 0.370. The number of carbonyl (C=O) groups is 1. The second kappa shape index (κ2) is 10.1. The second-order valence-corrected chi connectivity index (χ2v) is 9.26. The summed E-state index contributed by atoms with van der Waals surface area (Å²) in [5.41, 5.74) is 4.89. The van der Waals surface area contributed by atoms with E-state index < -0.39 is 11.6 Å². The maximum atomic E-state index is 11.5. The number of benzene rings is 3. The Bertz CT molecular complexity index is 1260. The summed E-state index contributed by atoms with van der Waals surface area (Å²) in [6.07, 6.45) is 5.00. The van der Waals surface area contributed by atoms with Gasteiger partial charge in [0.05, 0.1) is 23.9 Å². The van der Waals surface area contributed by atoms with Crippen molar-refractivity contribution in [1.29, 1.82) is 0 Å². The highest BCUT2D eigenvalue weighted by Gasteiger charge is 2.16. The molecular formula is C27H27ClN2O3. The van der Waals surface area contributed by atoms with Gasteiger partial charge in [0.1, 0.15) is 0 Å². The van der Waals surface area contributed by atoms with E-state index in [1.807, 2.05) is 49.4 Å².